The number of methoxy groups -OCH3 is 3. The second kappa shape index (κ2) is 25.5. The van der Waals surface area contributed by atoms with Crippen LogP contribution in [0.5, 0.6) is 23.0 Å². The van der Waals surface area contributed by atoms with E-state index in [0.717, 1.165) is 45.7 Å². The van der Waals surface area contributed by atoms with Crippen LogP contribution < -0.4 is 39.0 Å². The molecule has 0 saturated carbocycles. The van der Waals surface area contributed by atoms with Crippen LogP contribution in [-0.2, 0) is 59.5 Å². The molecule has 4 amide bonds. The zero-order valence-corrected chi connectivity index (χ0v) is 46.1. The summed E-state index contributed by atoms with van der Waals surface area (Å²) < 4.78 is 41.9. The van der Waals surface area contributed by atoms with Crippen molar-refractivity contribution in [2.45, 2.75) is 70.0 Å². The highest BCUT2D eigenvalue weighted by Gasteiger charge is 2.39. The number of para-hydroxylation sites is 2. The molecule has 0 aromatic heterocycles. The minimum absolute atomic E-state index is 0.0317. The minimum Gasteiger partial charge on any atom is -0.493 e. The second-order valence-corrected chi connectivity index (χ2v) is 21.4. The lowest BCUT2D eigenvalue weighted by atomic mass is 10.1. The Labute approximate surface area is 468 Å². The molecular formula is C60H64N6O13S. The first-order chi connectivity index (χ1) is 39.0. The topological polar surface area (TPSA) is 197 Å². The van der Waals surface area contributed by atoms with Gasteiger partial charge in [-0.3, -0.25) is 24.1 Å². The molecule has 5 aliphatic heterocycles. The summed E-state index contributed by atoms with van der Waals surface area (Å²) in [7, 11) is 4.71. The molecule has 0 radical (unpaired) electrons. The zero-order chi connectivity index (χ0) is 55.7. The molecule has 0 bridgehead atoms. The van der Waals surface area contributed by atoms with Gasteiger partial charge in [0.1, 0.15) is 13.2 Å². The summed E-state index contributed by atoms with van der Waals surface area (Å²) in [5.74, 6) is 3.34. The van der Waals surface area contributed by atoms with Gasteiger partial charge >= 0.3 is 5.97 Å². The van der Waals surface area contributed by atoms with E-state index in [0.29, 0.717) is 128 Å². The number of aliphatic imine (C=N–C) groups is 1. The fourth-order valence-electron chi connectivity index (χ4n) is 10.4. The molecule has 418 valence electrons. The maximum atomic E-state index is 14.3. The van der Waals surface area contributed by atoms with Crippen LogP contribution in [0, 0.1) is 0 Å². The van der Waals surface area contributed by atoms with Crippen molar-refractivity contribution in [1.29, 1.82) is 0 Å². The molecule has 10 rings (SSSR count). The second-order valence-electron chi connectivity index (χ2n) is 19.8. The SMILES string of the molecule is COCCOCCOCCN(C[C@H](C)SCCCC(=O)ON1C(=O)CCC1=O)c1cc(COc2cc3c(cc2OC)C(=O)N2C(=C=N3)Cc3ccccc32)cc(COc2cc3c(cc2OC)C(=O)N2c4ccccc4C[C@H]2CN3)c1. The van der Waals surface area contributed by atoms with Crippen LogP contribution in [0.3, 0.4) is 0 Å². The Morgan fingerprint density at radius 3 is 2.15 bits per heavy atom. The van der Waals surface area contributed by atoms with Crippen LogP contribution in [0.1, 0.15) is 75.6 Å². The number of hydroxylamine groups is 2. The molecular weight excluding hydrogens is 1040 g/mol. The van der Waals surface area contributed by atoms with Gasteiger partial charge < -0.3 is 53.1 Å². The van der Waals surface area contributed by atoms with E-state index in [4.69, 9.17) is 38.0 Å². The van der Waals surface area contributed by atoms with E-state index in [-0.39, 0.29) is 55.6 Å². The average Bonchev–Trinajstić information content (AvgIpc) is 4.13. The number of carbonyl (C=O) groups is 5. The summed E-state index contributed by atoms with van der Waals surface area (Å²) in [6.45, 7) is 6.05. The summed E-state index contributed by atoms with van der Waals surface area (Å²) in [6, 6.07) is 28.8. The number of fused-ring (bicyclic) bond motifs is 8. The van der Waals surface area contributed by atoms with Crippen LogP contribution in [0.25, 0.3) is 0 Å². The number of amides is 4. The summed E-state index contributed by atoms with van der Waals surface area (Å²) >= 11 is 1.68. The molecule has 1 saturated heterocycles. The third-order valence-corrected chi connectivity index (χ3v) is 15.6. The monoisotopic (exact) mass is 1110 g/mol. The molecule has 2 atom stereocenters. The molecule has 5 heterocycles. The summed E-state index contributed by atoms with van der Waals surface area (Å²) in [5, 5.41) is 4.16. The van der Waals surface area contributed by atoms with Crippen molar-refractivity contribution >= 4 is 75.7 Å². The first kappa shape index (κ1) is 55.4. The van der Waals surface area contributed by atoms with Crippen LogP contribution in [-0.4, -0.2) is 132 Å². The number of thioether (sulfide) groups is 1. The number of imide groups is 1. The van der Waals surface area contributed by atoms with Gasteiger partial charge in [0.15, 0.2) is 23.0 Å². The Morgan fingerprint density at radius 1 is 0.762 bits per heavy atom. The number of ether oxygens (including phenoxy) is 7. The smallest absolute Gasteiger partial charge is 0.333 e. The van der Waals surface area contributed by atoms with Crippen LogP contribution in [0.4, 0.5) is 28.4 Å². The highest BCUT2D eigenvalue weighted by atomic mass is 32.2. The molecule has 1 fully saturated rings. The van der Waals surface area contributed by atoms with Crippen molar-refractivity contribution < 1.29 is 62.0 Å². The van der Waals surface area contributed by atoms with Gasteiger partial charge in [0.2, 0.25) is 0 Å². The van der Waals surface area contributed by atoms with Gasteiger partial charge in [-0.1, -0.05) is 43.3 Å². The zero-order valence-electron chi connectivity index (χ0n) is 45.3. The third-order valence-electron chi connectivity index (χ3n) is 14.3. The highest BCUT2D eigenvalue weighted by molar-refractivity contribution is 7.99. The Hall–Kier alpha value is -7.87. The Morgan fingerprint density at radius 2 is 1.43 bits per heavy atom. The molecule has 0 unspecified atom stereocenters. The van der Waals surface area contributed by atoms with E-state index in [1.54, 1.807) is 49.1 Å². The van der Waals surface area contributed by atoms with Gasteiger partial charge in [-0.15, -0.1) is 5.06 Å². The van der Waals surface area contributed by atoms with Gasteiger partial charge in [-0.05, 0) is 83.3 Å². The number of nitrogens with one attached hydrogen (secondary N) is 1. The number of hydrogen-bond acceptors (Lipinski definition) is 17. The van der Waals surface area contributed by atoms with Crippen LogP contribution in [0.15, 0.2) is 102 Å². The van der Waals surface area contributed by atoms with Gasteiger partial charge in [-0.2, -0.15) is 11.8 Å². The molecule has 20 heteroatoms. The summed E-state index contributed by atoms with van der Waals surface area (Å²) in [5.41, 5.74) is 8.90. The lowest BCUT2D eigenvalue weighted by Gasteiger charge is -2.29. The first-order valence-corrected chi connectivity index (χ1v) is 27.8. The number of allylic oxidation sites excluding steroid dienone is 1. The number of hydrogen-bond donors (Lipinski definition) is 1. The first-order valence-electron chi connectivity index (χ1n) is 26.8. The van der Waals surface area contributed by atoms with Crippen LogP contribution >= 0.6 is 11.8 Å². The third kappa shape index (κ3) is 12.4. The number of rotatable bonds is 26. The van der Waals surface area contributed by atoms with Crippen molar-refractivity contribution in [2.75, 3.05) is 99.8 Å². The molecule has 19 nitrogen and oxygen atoms in total. The van der Waals surface area contributed by atoms with E-state index in [2.05, 4.69) is 46.2 Å². The highest BCUT2D eigenvalue weighted by Crippen LogP contribution is 2.43. The maximum absolute atomic E-state index is 14.3. The quantitative estimate of drug-likeness (QED) is 0.0410. The van der Waals surface area contributed by atoms with Crippen molar-refractivity contribution in [3.05, 3.63) is 130 Å². The van der Waals surface area contributed by atoms with Crippen molar-refractivity contribution in [3.8, 4) is 23.0 Å². The van der Waals surface area contributed by atoms with Gasteiger partial charge in [0.05, 0.1) is 87.2 Å². The number of nitrogens with zero attached hydrogens (tertiary/aromatic N) is 5. The van der Waals surface area contributed by atoms with E-state index < -0.39 is 17.8 Å². The Balaban J connectivity index is 0.910. The van der Waals surface area contributed by atoms with Crippen molar-refractivity contribution in [1.82, 2.24) is 5.06 Å². The number of carbonyl (C=O) groups excluding carboxylic acids is 5. The molecule has 0 spiro atoms. The Bertz CT molecular complexity index is 3220. The van der Waals surface area contributed by atoms with Gasteiger partial charge in [0.25, 0.3) is 23.6 Å². The van der Waals surface area contributed by atoms with Crippen LogP contribution in [0.2, 0.25) is 0 Å². The number of benzene rings is 5. The van der Waals surface area contributed by atoms with E-state index in [1.165, 1.54) is 7.11 Å². The predicted molar refractivity (Wildman–Crippen MR) is 302 cm³/mol. The lowest BCUT2D eigenvalue weighted by Crippen LogP contribution is -2.39. The molecule has 5 aromatic carbocycles. The standard InChI is InChI=1S/C60H64N6O13S/c1-38(80-23-9-14-58(69)79-66-56(67)15-16-57(66)68)35-63(17-18-75-21-22-76-20-19-72-2)43-25-39(36-77-54-31-48-46(29-52(54)73-3)59(70)64-44(33-61-48)27-41-10-5-7-12-50(41)64)24-40(26-43)37-78-55-32-49-47(30-53(55)74-4)60(71)65-45(34-62-49)28-42-11-6-8-13-51(42)65/h5-8,10-13,24-26,29-32,38,44,61H,9,14-23,27-28,33,35-37H2,1-4H3/t38-,44-/m0/s1. The van der Waals surface area contributed by atoms with E-state index in [9.17, 15) is 24.0 Å². The molecule has 80 heavy (non-hydrogen) atoms. The van der Waals surface area contributed by atoms with Crippen molar-refractivity contribution in [3.63, 3.8) is 0 Å². The largest absolute Gasteiger partial charge is 0.493 e. The molecule has 5 aliphatic rings. The molecule has 5 aromatic rings. The van der Waals surface area contributed by atoms with E-state index in [1.807, 2.05) is 59.5 Å². The average molecular weight is 1110 g/mol. The lowest BCUT2D eigenvalue weighted by molar-refractivity contribution is -0.197. The number of anilines is 4. The molecule has 0 aliphatic carbocycles. The van der Waals surface area contributed by atoms with Gasteiger partial charge in [-0.25, -0.2) is 9.79 Å². The fourth-order valence-corrected chi connectivity index (χ4v) is 11.4. The Kier molecular flexibility index (Phi) is 17.7. The summed E-state index contributed by atoms with van der Waals surface area (Å²) in [4.78, 5) is 80.6. The minimum atomic E-state index is -0.631. The summed E-state index contributed by atoms with van der Waals surface area (Å²) in [6.07, 6.45) is 1.86. The van der Waals surface area contributed by atoms with E-state index >= 15 is 0 Å². The normalized spacial score (nSPS) is 16.1. The molecule has 1 N–H and O–H groups in total. The predicted octanol–water partition coefficient (Wildman–Crippen LogP) is 8.26. The van der Waals surface area contributed by atoms with Crippen molar-refractivity contribution in [2.24, 2.45) is 4.99 Å². The maximum Gasteiger partial charge on any atom is 0.333 e. The van der Waals surface area contributed by atoms with Gasteiger partial charge in [0, 0.05) is 87.1 Å². The fraction of sp³-hybridized carbons (Fsp3) is 0.383.